The van der Waals surface area contributed by atoms with E-state index in [9.17, 15) is 58.6 Å². The number of carbonyl (C=O) groups is 1. The minimum Gasteiger partial charge on any atom is -0.506 e. The summed E-state index contributed by atoms with van der Waals surface area (Å²) in [5.74, 6) is -10.7. The molecular weight excluding hydrogens is 568 g/mol. The molecular formula is C25H11F10NO4. The molecule has 1 aromatic heterocycles. The van der Waals surface area contributed by atoms with Gasteiger partial charge >= 0.3 is 18.0 Å². The number of nitrogens with zero attached hydrogens (tertiary/aromatic N) is 1. The van der Waals surface area contributed by atoms with Gasteiger partial charge in [-0.3, -0.25) is 4.79 Å². The van der Waals surface area contributed by atoms with Gasteiger partial charge in [0.15, 0.2) is 5.56 Å². The highest BCUT2D eigenvalue weighted by atomic mass is 19.4. The minimum atomic E-state index is -5.56. The molecule has 0 amide bonds. The van der Waals surface area contributed by atoms with Crippen molar-refractivity contribution in [3.63, 3.8) is 0 Å². The molecule has 0 aliphatic rings. The van der Waals surface area contributed by atoms with Gasteiger partial charge < -0.3 is 14.4 Å². The number of alkyl halides is 6. The number of halogens is 10. The fourth-order valence-electron chi connectivity index (χ4n) is 3.82. The van der Waals surface area contributed by atoms with Gasteiger partial charge in [-0.1, -0.05) is 0 Å². The van der Waals surface area contributed by atoms with Crippen molar-refractivity contribution in [2.45, 2.75) is 19.3 Å². The Balaban J connectivity index is 2.00. The van der Waals surface area contributed by atoms with Crippen LogP contribution in [0.1, 0.15) is 21.5 Å². The van der Waals surface area contributed by atoms with Crippen LogP contribution in [0.25, 0.3) is 11.0 Å². The van der Waals surface area contributed by atoms with E-state index in [-0.39, 0.29) is 12.1 Å². The number of hydrogen-bond donors (Lipinski definition) is 1. The number of anilines is 3. The van der Waals surface area contributed by atoms with Crippen LogP contribution < -0.4 is 10.5 Å². The highest BCUT2D eigenvalue weighted by Gasteiger charge is 2.43. The summed E-state index contributed by atoms with van der Waals surface area (Å²) in [5.41, 5.74) is -8.78. The summed E-state index contributed by atoms with van der Waals surface area (Å²) in [7, 11) is 0. The van der Waals surface area contributed by atoms with Crippen molar-refractivity contribution in [1.82, 2.24) is 0 Å². The number of Topliss-reactive ketones (excluding diaryl/α,β-unsaturated/α-hetero) is 1. The van der Waals surface area contributed by atoms with E-state index in [1.807, 2.05) is 0 Å². The lowest BCUT2D eigenvalue weighted by Crippen LogP contribution is -2.28. The molecule has 0 spiro atoms. The van der Waals surface area contributed by atoms with E-state index in [2.05, 4.69) is 0 Å². The van der Waals surface area contributed by atoms with Crippen molar-refractivity contribution < 1.29 is 58.2 Å². The number of hydrogen-bond acceptors (Lipinski definition) is 5. The van der Waals surface area contributed by atoms with Crippen molar-refractivity contribution in [1.29, 1.82) is 0 Å². The minimum absolute atomic E-state index is 0.199. The average Bonchev–Trinajstić information content (AvgIpc) is 2.80. The Morgan fingerprint density at radius 2 is 1.30 bits per heavy atom. The van der Waals surface area contributed by atoms with E-state index in [1.165, 1.54) is 0 Å². The molecule has 40 heavy (non-hydrogen) atoms. The van der Waals surface area contributed by atoms with Crippen molar-refractivity contribution in [2.75, 3.05) is 4.90 Å². The Labute approximate surface area is 215 Å². The Morgan fingerprint density at radius 3 is 1.77 bits per heavy atom. The first-order chi connectivity index (χ1) is 18.4. The number of ketones is 1. The van der Waals surface area contributed by atoms with Gasteiger partial charge in [-0.15, -0.1) is 0 Å². The molecule has 210 valence electrons. The summed E-state index contributed by atoms with van der Waals surface area (Å²) in [5, 5.41) is 9.59. The van der Waals surface area contributed by atoms with Gasteiger partial charge in [-0.2, -0.15) is 26.3 Å². The maximum absolute atomic E-state index is 14.4. The molecule has 0 aliphatic carbocycles. The van der Waals surface area contributed by atoms with Crippen LogP contribution in [0.3, 0.4) is 0 Å². The normalized spacial score (nSPS) is 12.2. The first-order valence-corrected chi connectivity index (χ1v) is 10.6. The predicted molar refractivity (Wildman–Crippen MR) is 119 cm³/mol. The molecule has 15 heteroatoms. The van der Waals surface area contributed by atoms with E-state index in [0.29, 0.717) is 17.0 Å². The Bertz CT molecular complexity index is 1700. The van der Waals surface area contributed by atoms with E-state index < -0.39 is 97.5 Å². The first-order valence-electron chi connectivity index (χ1n) is 10.6. The third-order valence-electron chi connectivity index (χ3n) is 5.70. The van der Waals surface area contributed by atoms with Gasteiger partial charge in [0.1, 0.15) is 40.2 Å². The predicted octanol–water partition coefficient (Wildman–Crippen LogP) is 7.60. The summed E-state index contributed by atoms with van der Waals surface area (Å²) in [6.07, 6.45) is -11.0. The summed E-state index contributed by atoms with van der Waals surface area (Å²) in [6, 6.07) is 4.17. The molecule has 0 saturated carbocycles. The standard InChI is InChI=1S/C25H11F10NO4/c1-9-14(26)4-11(5-15(9)27)36(12-6-16(28)20(17(29)7-12)24(30,31)32)10-2-3-13-18(8-10)40-23(39)19(21(13)37)22(38)25(33,34)35/h2-8,37H,1H3. The van der Waals surface area contributed by atoms with Gasteiger partial charge in [0.05, 0.1) is 16.8 Å². The average molecular weight is 579 g/mol. The summed E-state index contributed by atoms with van der Waals surface area (Å²) < 4.78 is 140. The first kappa shape index (κ1) is 28.4. The third kappa shape index (κ3) is 4.94. The number of rotatable bonds is 4. The molecule has 4 rings (SSSR count). The molecule has 0 atom stereocenters. The smallest absolute Gasteiger partial charge is 0.455 e. The second-order valence-corrected chi connectivity index (χ2v) is 8.27. The summed E-state index contributed by atoms with van der Waals surface area (Å²) in [4.78, 5) is 24.4. The second-order valence-electron chi connectivity index (χ2n) is 8.27. The molecule has 5 nitrogen and oxygen atoms in total. The largest absolute Gasteiger partial charge is 0.506 e. The fraction of sp³-hybridized carbons (Fsp3) is 0.120. The van der Waals surface area contributed by atoms with Crippen molar-refractivity contribution in [2.24, 2.45) is 0 Å². The molecule has 4 aromatic rings. The van der Waals surface area contributed by atoms with Crippen molar-refractivity contribution >= 4 is 33.8 Å². The lowest BCUT2D eigenvalue weighted by molar-refractivity contribution is -0.142. The molecule has 1 heterocycles. The highest BCUT2D eigenvalue weighted by Crippen LogP contribution is 2.42. The quantitative estimate of drug-likeness (QED) is 0.153. The molecule has 0 aliphatic heterocycles. The molecule has 3 aromatic carbocycles. The van der Waals surface area contributed by atoms with Gasteiger partial charge in [0, 0.05) is 17.3 Å². The van der Waals surface area contributed by atoms with E-state index >= 15 is 0 Å². The van der Waals surface area contributed by atoms with Crippen LogP contribution >= 0.6 is 0 Å². The Kier molecular flexibility index (Phi) is 6.81. The molecule has 0 radical (unpaired) electrons. The van der Waals surface area contributed by atoms with E-state index in [4.69, 9.17) is 4.42 Å². The van der Waals surface area contributed by atoms with E-state index in [1.54, 1.807) is 0 Å². The Morgan fingerprint density at radius 1 is 0.800 bits per heavy atom. The second kappa shape index (κ2) is 9.57. The van der Waals surface area contributed by atoms with Gasteiger partial charge in [0.25, 0.3) is 5.78 Å². The van der Waals surface area contributed by atoms with Crippen molar-refractivity contribution in [3.8, 4) is 5.75 Å². The van der Waals surface area contributed by atoms with Crippen LogP contribution in [0.2, 0.25) is 0 Å². The van der Waals surface area contributed by atoms with Crippen LogP contribution in [0.15, 0.2) is 51.7 Å². The summed E-state index contributed by atoms with van der Waals surface area (Å²) >= 11 is 0. The molecule has 0 bridgehead atoms. The van der Waals surface area contributed by atoms with Crippen LogP contribution in [0, 0.1) is 30.2 Å². The monoisotopic (exact) mass is 579 g/mol. The number of fused-ring (bicyclic) bond motifs is 1. The van der Waals surface area contributed by atoms with Crippen LogP contribution in [0.4, 0.5) is 61.0 Å². The number of benzene rings is 3. The van der Waals surface area contributed by atoms with Gasteiger partial charge in [0.2, 0.25) is 0 Å². The molecule has 0 fully saturated rings. The van der Waals surface area contributed by atoms with Crippen LogP contribution in [-0.4, -0.2) is 17.1 Å². The third-order valence-corrected chi connectivity index (χ3v) is 5.70. The summed E-state index contributed by atoms with van der Waals surface area (Å²) in [6.45, 7) is 1.05. The maximum atomic E-state index is 14.4. The Hall–Kier alpha value is -4.56. The lowest BCUT2D eigenvalue weighted by Gasteiger charge is -2.27. The molecule has 1 N–H and O–H groups in total. The highest BCUT2D eigenvalue weighted by molar-refractivity contribution is 6.06. The zero-order chi connectivity index (χ0) is 29.9. The van der Waals surface area contributed by atoms with Gasteiger partial charge in [-0.05, 0) is 43.3 Å². The van der Waals surface area contributed by atoms with Gasteiger partial charge in [-0.25, -0.2) is 22.4 Å². The van der Waals surface area contributed by atoms with Crippen molar-refractivity contribution in [3.05, 3.63) is 92.8 Å². The lowest BCUT2D eigenvalue weighted by atomic mass is 10.1. The number of carbonyl (C=O) groups excluding carboxylic acids is 1. The topological polar surface area (TPSA) is 70.8 Å². The fourth-order valence-corrected chi connectivity index (χ4v) is 3.82. The zero-order valence-electron chi connectivity index (χ0n) is 19.4. The van der Waals surface area contributed by atoms with E-state index in [0.717, 1.165) is 25.1 Å². The van der Waals surface area contributed by atoms with Crippen LogP contribution in [-0.2, 0) is 6.18 Å². The van der Waals surface area contributed by atoms with Crippen LogP contribution in [0.5, 0.6) is 5.75 Å². The zero-order valence-corrected chi connectivity index (χ0v) is 19.4. The SMILES string of the molecule is Cc1c(F)cc(N(c2cc(F)c(C(F)(F)F)c(F)c2)c2ccc3c(O)c(C(=O)C(F)(F)F)c(=O)oc3c2)cc1F. The molecule has 0 saturated heterocycles. The number of aromatic hydroxyl groups is 1. The maximum Gasteiger partial charge on any atom is 0.455 e. The molecule has 0 unspecified atom stereocenters.